The van der Waals surface area contributed by atoms with Crippen LogP contribution in [0, 0.1) is 0 Å². The molecular weight excluding hydrogens is 303 g/mol. The smallest absolute Gasteiger partial charge is 0.378 e. The molecule has 1 aliphatic rings. The Morgan fingerprint density at radius 2 is 1.95 bits per heavy atom. The second kappa shape index (κ2) is 5.13. The number of alkyl halides is 3. The number of ether oxygens (including phenoxy) is 1. The maximum atomic E-state index is 12.2. The van der Waals surface area contributed by atoms with Crippen LogP contribution in [-0.2, 0) is 21.9 Å². The Kier molecular flexibility index (Phi) is 3.82. The van der Waals surface area contributed by atoms with E-state index in [0.29, 0.717) is 32.1 Å². The van der Waals surface area contributed by atoms with E-state index in [9.17, 15) is 21.6 Å². The number of anilines is 1. The topological polar surface area (TPSA) is 73.7 Å². The molecule has 0 atom stereocenters. The van der Waals surface area contributed by atoms with Crippen LogP contribution in [0.2, 0.25) is 0 Å². The van der Waals surface area contributed by atoms with Gasteiger partial charge in [-0.2, -0.15) is 21.6 Å². The molecule has 0 aromatic carbocycles. The molecule has 2 rings (SSSR count). The molecule has 0 radical (unpaired) electrons. The van der Waals surface area contributed by atoms with Crippen molar-refractivity contribution in [2.24, 2.45) is 7.05 Å². The van der Waals surface area contributed by atoms with Crippen LogP contribution < -0.4 is 9.08 Å². The third-order valence-electron chi connectivity index (χ3n) is 2.65. The van der Waals surface area contributed by atoms with E-state index < -0.39 is 21.5 Å². The van der Waals surface area contributed by atoms with E-state index in [-0.39, 0.29) is 0 Å². The predicted molar refractivity (Wildman–Crippen MR) is 61.8 cm³/mol. The molecule has 1 aromatic heterocycles. The molecule has 7 nitrogen and oxygen atoms in total. The Morgan fingerprint density at radius 1 is 1.35 bits per heavy atom. The first-order valence-electron chi connectivity index (χ1n) is 5.58. The van der Waals surface area contributed by atoms with Gasteiger partial charge in [-0.15, -0.1) is 5.10 Å². The summed E-state index contributed by atoms with van der Waals surface area (Å²) in [5.41, 5.74) is -5.48. The van der Waals surface area contributed by atoms with Crippen molar-refractivity contribution in [3.05, 3.63) is 6.07 Å². The lowest BCUT2D eigenvalue weighted by molar-refractivity contribution is -0.0501. The molecule has 0 spiro atoms. The molecule has 2 heterocycles. The zero-order chi connectivity index (χ0) is 15.0. The summed E-state index contributed by atoms with van der Waals surface area (Å²) in [7, 11) is -4.22. The number of hydrogen-bond acceptors (Lipinski definition) is 6. The van der Waals surface area contributed by atoms with Crippen LogP contribution in [0.4, 0.5) is 19.0 Å². The molecule has 20 heavy (non-hydrogen) atoms. The van der Waals surface area contributed by atoms with Gasteiger partial charge in [-0.25, -0.2) is 4.68 Å². The molecule has 114 valence electrons. The van der Waals surface area contributed by atoms with Crippen molar-refractivity contribution in [1.82, 2.24) is 9.78 Å². The largest absolute Gasteiger partial charge is 0.534 e. The highest BCUT2D eigenvalue weighted by molar-refractivity contribution is 7.87. The SMILES string of the molecule is Cn1nc(OS(=O)(=O)C(F)(F)F)cc1N1CCOCC1. The average molecular weight is 315 g/mol. The van der Waals surface area contributed by atoms with Crippen molar-refractivity contribution in [3.63, 3.8) is 0 Å². The summed E-state index contributed by atoms with van der Waals surface area (Å²) >= 11 is 0. The van der Waals surface area contributed by atoms with E-state index in [1.54, 1.807) is 0 Å². The highest BCUT2D eigenvalue weighted by Crippen LogP contribution is 2.28. The number of rotatable bonds is 3. The van der Waals surface area contributed by atoms with Gasteiger partial charge >= 0.3 is 15.6 Å². The summed E-state index contributed by atoms with van der Waals surface area (Å²) in [5.74, 6) is -0.160. The fourth-order valence-electron chi connectivity index (χ4n) is 1.72. The molecule has 0 amide bonds. The first-order valence-corrected chi connectivity index (χ1v) is 6.99. The molecule has 1 aromatic rings. The minimum atomic E-state index is -5.70. The number of aromatic nitrogens is 2. The van der Waals surface area contributed by atoms with Crippen molar-refractivity contribution >= 4 is 15.9 Å². The van der Waals surface area contributed by atoms with Crippen molar-refractivity contribution in [2.75, 3.05) is 31.2 Å². The predicted octanol–water partition coefficient (Wildman–Crippen LogP) is 0.485. The molecule has 0 N–H and O–H groups in total. The van der Waals surface area contributed by atoms with E-state index >= 15 is 0 Å². The normalized spacial score (nSPS) is 17.3. The molecule has 1 fully saturated rings. The Labute approximate surface area is 113 Å². The third-order valence-corrected chi connectivity index (χ3v) is 3.60. The van der Waals surface area contributed by atoms with Gasteiger partial charge in [0.1, 0.15) is 5.82 Å². The molecule has 0 saturated carbocycles. The number of hydrogen-bond donors (Lipinski definition) is 0. The van der Waals surface area contributed by atoms with Gasteiger partial charge in [0.05, 0.1) is 13.2 Å². The second-order valence-corrected chi connectivity index (χ2v) is 5.58. The summed E-state index contributed by atoms with van der Waals surface area (Å²) in [6.45, 7) is 2.01. The summed E-state index contributed by atoms with van der Waals surface area (Å²) in [4.78, 5) is 1.81. The number of morpholine rings is 1. The van der Waals surface area contributed by atoms with E-state index in [1.807, 2.05) is 4.90 Å². The fraction of sp³-hybridized carbons (Fsp3) is 0.667. The van der Waals surface area contributed by atoms with Gasteiger partial charge in [0.2, 0.25) is 0 Å². The Morgan fingerprint density at radius 3 is 2.50 bits per heavy atom. The van der Waals surface area contributed by atoms with Gasteiger partial charge in [-0.1, -0.05) is 0 Å². The van der Waals surface area contributed by atoms with E-state index in [0.717, 1.165) is 6.07 Å². The Bertz CT molecular complexity index is 578. The lowest BCUT2D eigenvalue weighted by atomic mass is 10.4. The number of aryl methyl sites for hydroxylation is 1. The lowest BCUT2D eigenvalue weighted by Gasteiger charge is -2.28. The zero-order valence-corrected chi connectivity index (χ0v) is 11.2. The van der Waals surface area contributed by atoms with Crippen LogP contribution in [0.3, 0.4) is 0 Å². The van der Waals surface area contributed by atoms with E-state index in [2.05, 4.69) is 9.28 Å². The molecule has 0 unspecified atom stereocenters. The molecule has 1 saturated heterocycles. The maximum Gasteiger partial charge on any atom is 0.534 e. The van der Waals surface area contributed by atoms with Gasteiger partial charge < -0.3 is 13.8 Å². The van der Waals surface area contributed by atoms with Crippen molar-refractivity contribution in [2.45, 2.75) is 5.51 Å². The third kappa shape index (κ3) is 2.98. The van der Waals surface area contributed by atoms with Gasteiger partial charge in [-0.05, 0) is 0 Å². The van der Waals surface area contributed by atoms with Crippen LogP contribution in [-0.4, -0.2) is 50.0 Å². The Hall–Kier alpha value is -1.49. The number of nitrogens with zero attached hydrogens (tertiary/aromatic N) is 3. The molecular formula is C9H12F3N3O4S. The van der Waals surface area contributed by atoms with Crippen molar-refractivity contribution in [1.29, 1.82) is 0 Å². The van der Waals surface area contributed by atoms with Gasteiger partial charge in [0, 0.05) is 26.2 Å². The van der Waals surface area contributed by atoms with Crippen molar-refractivity contribution in [3.8, 4) is 5.88 Å². The Balaban J connectivity index is 2.19. The summed E-state index contributed by atoms with van der Waals surface area (Å²) in [6.07, 6.45) is 0. The van der Waals surface area contributed by atoms with Crippen LogP contribution in [0.15, 0.2) is 6.07 Å². The summed E-state index contributed by atoms with van der Waals surface area (Å²) in [6, 6.07) is 1.15. The van der Waals surface area contributed by atoms with Crippen LogP contribution in [0.1, 0.15) is 0 Å². The van der Waals surface area contributed by atoms with Crippen molar-refractivity contribution < 1.29 is 30.5 Å². The van der Waals surface area contributed by atoms with E-state index in [1.165, 1.54) is 11.7 Å². The quantitative estimate of drug-likeness (QED) is 0.597. The van der Waals surface area contributed by atoms with Crippen LogP contribution >= 0.6 is 0 Å². The van der Waals surface area contributed by atoms with Gasteiger partial charge in [0.25, 0.3) is 5.88 Å². The van der Waals surface area contributed by atoms with E-state index in [4.69, 9.17) is 4.74 Å². The lowest BCUT2D eigenvalue weighted by Crippen LogP contribution is -2.37. The second-order valence-electron chi connectivity index (χ2n) is 4.05. The van der Waals surface area contributed by atoms with Gasteiger partial charge in [0.15, 0.2) is 0 Å². The summed E-state index contributed by atoms with van der Waals surface area (Å²) in [5, 5.41) is 3.62. The first kappa shape index (κ1) is 14.9. The standard InChI is InChI=1S/C9H12F3N3O4S/c1-14-8(15-2-4-18-5-3-15)6-7(13-14)19-20(16,17)9(10,11)12/h6H,2-5H2,1H3. The maximum absolute atomic E-state index is 12.2. The molecule has 0 aliphatic carbocycles. The van der Waals surface area contributed by atoms with Gasteiger partial charge in [-0.3, -0.25) is 0 Å². The molecule has 0 bridgehead atoms. The monoisotopic (exact) mass is 315 g/mol. The average Bonchev–Trinajstić information content (AvgIpc) is 2.69. The highest BCUT2D eigenvalue weighted by Gasteiger charge is 2.49. The van der Waals surface area contributed by atoms with Crippen LogP contribution in [0.5, 0.6) is 5.88 Å². The van der Waals surface area contributed by atoms with Crippen LogP contribution in [0.25, 0.3) is 0 Å². The first-order chi connectivity index (χ1) is 9.21. The zero-order valence-electron chi connectivity index (χ0n) is 10.4. The number of halogens is 3. The minimum absolute atomic E-state index is 0.459. The summed E-state index contributed by atoms with van der Waals surface area (Å²) < 4.78 is 68.8. The highest BCUT2D eigenvalue weighted by atomic mass is 32.2. The molecule has 11 heteroatoms. The molecule has 1 aliphatic heterocycles. The minimum Gasteiger partial charge on any atom is -0.378 e. The fourth-order valence-corrected chi connectivity index (χ4v) is 2.12.